The van der Waals surface area contributed by atoms with E-state index in [1.165, 1.54) is 9.71 Å². The molecule has 0 atom stereocenters. The minimum Gasteiger partial charge on any atom is -0.486 e. The second-order valence-electron chi connectivity index (χ2n) is 5.99. The van der Waals surface area contributed by atoms with Crippen LogP contribution in [0.3, 0.4) is 0 Å². The van der Waals surface area contributed by atoms with Crippen molar-refractivity contribution in [2.24, 2.45) is 0 Å². The average Bonchev–Trinajstić information content (AvgIpc) is 2.61. The first-order chi connectivity index (χ1) is 11.9. The van der Waals surface area contributed by atoms with Crippen molar-refractivity contribution in [2.45, 2.75) is 13.5 Å². The van der Waals surface area contributed by atoms with E-state index in [2.05, 4.69) is 0 Å². The fourth-order valence-corrected chi connectivity index (χ4v) is 3.35. The molecule has 5 nitrogen and oxygen atoms in total. The smallest absolute Gasteiger partial charge is 0.236 e. The van der Waals surface area contributed by atoms with Crippen LogP contribution in [0.15, 0.2) is 47.9 Å². The van der Waals surface area contributed by atoms with E-state index >= 15 is 0 Å². The van der Waals surface area contributed by atoms with Crippen LogP contribution in [0.4, 0.5) is 0 Å². The molecule has 0 radical (unpaired) electrons. The molecule has 2 aromatic carbocycles. The molecule has 1 heterocycles. The van der Waals surface area contributed by atoms with Gasteiger partial charge in [0.15, 0.2) is 11.5 Å². The van der Waals surface area contributed by atoms with Gasteiger partial charge in [0, 0.05) is 19.0 Å². The first-order valence-electron chi connectivity index (χ1n) is 8.04. The van der Waals surface area contributed by atoms with Crippen LogP contribution < -0.4 is 9.47 Å². The first-order valence-corrected chi connectivity index (χ1v) is 9.54. The molecule has 1 aliphatic heterocycles. The van der Waals surface area contributed by atoms with E-state index in [-0.39, 0.29) is 6.54 Å². The van der Waals surface area contributed by atoms with E-state index in [0.717, 1.165) is 16.7 Å². The highest BCUT2D eigenvalue weighted by molar-refractivity contribution is 7.92. The summed E-state index contributed by atoms with van der Waals surface area (Å²) in [6.45, 7) is 3.29. The Kier molecular flexibility index (Phi) is 5.11. The van der Waals surface area contributed by atoms with E-state index in [1.54, 1.807) is 13.1 Å². The standard InChI is InChI=1S/C19H21NO4S/c1-15-3-5-16(6-4-15)9-12-25(21,22)20(2)14-17-7-8-18-19(13-17)24-11-10-23-18/h3-9,12-13H,10-11,14H2,1-2H3. The van der Waals surface area contributed by atoms with Crippen molar-refractivity contribution < 1.29 is 17.9 Å². The molecule has 1 aliphatic rings. The highest BCUT2D eigenvalue weighted by Crippen LogP contribution is 2.31. The Morgan fingerprint density at radius 2 is 1.72 bits per heavy atom. The molecule has 0 spiro atoms. The Hall–Kier alpha value is -2.31. The largest absolute Gasteiger partial charge is 0.486 e. The lowest BCUT2D eigenvalue weighted by atomic mass is 10.2. The maximum atomic E-state index is 12.4. The third kappa shape index (κ3) is 4.41. The zero-order valence-electron chi connectivity index (χ0n) is 14.3. The SMILES string of the molecule is Cc1ccc(C=CS(=O)(=O)N(C)Cc2ccc3c(c2)OCCO3)cc1. The third-order valence-corrected chi connectivity index (χ3v) is 5.43. The molecule has 0 bridgehead atoms. The quantitative estimate of drug-likeness (QED) is 0.823. The van der Waals surface area contributed by atoms with Gasteiger partial charge in [-0.3, -0.25) is 0 Å². The molecule has 25 heavy (non-hydrogen) atoms. The van der Waals surface area contributed by atoms with Crippen molar-refractivity contribution in [2.75, 3.05) is 20.3 Å². The fraction of sp³-hybridized carbons (Fsp3) is 0.263. The predicted molar refractivity (Wildman–Crippen MR) is 98.0 cm³/mol. The number of hydrogen-bond acceptors (Lipinski definition) is 4. The number of nitrogens with zero attached hydrogens (tertiary/aromatic N) is 1. The summed E-state index contributed by atoms with van der Waals surface area (Å²) in [4.78, 5) is 0. The third-order valence-electron chi connectivity index (χ3n) is 3.96. The van der Waals surface area contributed by atoms with Crippen LogP contribution in [0.2, 0.25) is 0 Å². The Labute approximate surface area is 148 Å². The molecule has 0 N–H and O–H groups in total. The highest BCUT2D eigenvalue weighted by atomic mass is 32.2. The maximum Gasteiger partial charge on any atom is 0.236 e. The van der Waals surface area contributed by atoms with Gasteiger partial charge in [-0.2, -0.15) is 4.31 Å². The summed E-state index contributed by atoms with van der Waals surface area (Å²) in [7, 11) is -1.95. The molecule has 132 valence electrons. The molecule has 0 aromatic heterocycles. The molecule has 0 aliphatic carbocycles. The number of fused-ring (bicyclic) bond motifs is 1. The van der Waals surface area contributed by atoms with Crippen molar-refractivity contribution in [3.8, 4) is 11.5 Å². The van der Waals surface area contributed by atoms with E-state index in [4.69, 9.17) is 9.47 Å². The number of ether oxygens (including phenoxy) is 2. The summed E-state index contributed by atoms with van der Waals surface area (Å²) < 4.78 is 37.2. The van der Waals surface area contributed by atoms with E-state index in [9.17, 15) is 8.42 Å². The molecule has 3 rings (SSSR count). The van der Waals surface area contributed by atoms with E-state index in [0.29, 0.717) is 24.7 Å². The van der Waals surface area contributed by atoms with Crippen molar-refractivity contribution >= 4 is 16.1 Å². The summed E-state index contributed by atoms with van der Waals surface area (Å²) in [5.41, 5.74) is 2.83. The van der Waals surface area contributed by atoms with Crippen LogP contribution in [0.25, 0.3) is 6.08 Å². The maximum absolute atomic E-state index is 12.4. The Morgan fingerprint density at radius 3 is 2.44 bits per heavy atom. The molecular formula is C19H21NO4S. The summed E-state index contributed by atoms with van der Waals surface area (Å²) >= 11 is 0. The van der Waals surface area contributed by atoms with Gasteiger partial charge < -0.3 is 9.47 Å². The average molecular weight is 359 g/mol. The summed E-state index contributed by atoms with van der Waals surface area (Å²) in [6, 6.07) is 13.2. The zero-order chi connectivity index (χ0) is 17.9. The fourth-order valence-electron chi connectivity index (χ4n) is 2.48. The molecule has 0 saturated heterocycles. The van der Waals surface area contributed by atoms with E-state index < -0.39 is 10.0 Å². The van der Waals surface area contributed by atoms with Crippen LogP contribution in [-0.2, 0) is 16.6 Å². The molecule has 0 amide bonds. The molecule has 6 heteroatoms. The van der Waals surface area contributed by atoms with Crippen molar-refractivity contribution in [3.05, 3.63) is 64.6 Å². The monoisotopic (exact) mass is 359 g/mol. The van der Waals surface area contributed by atoms with Gasteiger partial charge in [-0.25, -0.2) is 8.42 Å². The normalized spacial score (nSPS) is 14.2. The van der Waals surface area contributed by atoms with E-state index in [1.807, 2.05) is 49.4 Å². The van der Waals surface area contributed by atoms with Gasteiger partial charge in [0.05, 0.1) is 0 Å². The van der Waals surface area contributed by atoms with Crippen LogP contribution in [-0.4, -0.2) is 33.0 Å². The van der Waals surface area contributed by atoms with Gasteiger partial charge >= 0.3 is 0 Å². The van der Waals surface area contributed by atoms with Crippen LogP contribution in [0.1, 0.15) is 16.7 Å². The van der Waals surface area contributed by atoms with Gasteiger partial charge in [-0.15, -0.1) is 0 Å². The lowest BCUT2D eigenvalue weighted by Crippen LogP contribution is -2.24. The second-order valence-corrected chi connectivity index (χ2v) is 7.92. The topological polar surface area (TPSA) is 55.8 Å². The van der Waals surface area contributed by atoms with Gasteiger partial charge in [0.25, 0.3) is 0 Å². The number of hydrogen-bond donors (Lipinski definition) is 0. The number of sulfonamides is 1. The van der Waals surface area contributed by atoms with Gasteiger partial charge in [0.1, 0.15) is 13.2 Å². The van der Waals surface area contributed by atoms with Gasteiger partial charge in [-0.1, -0.05) is 35.9 Å². The van der Waals surface area contributed by atoms with Crippen molar-refractivity contribution in [3.63, 3.8) is 0 Å². The Balaban J connectivity index is 1.71. The zero-order valence-corrected chi connectivity index (χ0v) is 15.1. The number of aryl methyl sites for hydroxylation is 1. The summed E-state index contributed by atoms with van der Waals surface area (Å²) in [5.74, 6) is 1.35. The van der Waals surface area contributed by atoms with Gasteiger partial charge in [0.2, 0.25) is 10.0 Å². The summed E-state index contributed by atoms with van der Waals surface area (Å²) in [5, 5.41) is 1.23. The Bertz CT molecular complexity index is 873. The van der Waals surface area contributed by atoms with Crippen LogP contribution in [0.5, 0.6) is 11.5 Å². The minimum atomic E-state index is -3.51. The lowest BCUT2D eigenvalue weighted by Gasteiger charge is -2.20. The summed E-state index contributed by atoms with van der Waals surface area (Å²) in [6.07, 6.45) is 1.61. The van der Waals surface area contributed by atoms with Crippen LogP contribution >= 0.6 is 0 Å². The Morgan fingerprint density at radius 1 is 1.04 bits per heavy atom. The van der Waals surface area contributed by atoms with Crippen molar-refractivity contribution in [1.82, 2.24) is 4.31 Å². The van der Waals surface area contributed by atoms with Gasteiger partial charge in [-0.05, 0) is 36.3 Å². The minimum absolute atomic E-state index is 0.261. The second kappa shape index (κ2) is 7.29. The van der Waals surface area contributed by atoms with Crippen molar-refractivity contribution in [1.29, 1.82) is 0 Å². The molecule has 0 saturated carbocycles. The predicted octanol–water partition coefficient (Wildman–Crippen LogP) is 3.20. The molecule has 2 aromatic rings. The number of rotatable bonds is 5. The highest BCUT2D eigenvalue weighted by Gasteiger charge is 2.17. The molecule has 0 unspecified atom stereocenters. The van der Waals surface area contributed by atoms with Crippen LogP contribution in [0, 0.1) is 6.92 Å². The number of benzene rings is 2. The molecular weight excluding hydrogens is 338 g/mol. The molecule has 0 fully saturated rings. The first kappa shape index (κ1) is 17.5. The lowest BCUT2D eigenvalue weighted by molar-refractivity contribution is 0.171.